The maximum absolute atomic E-state index is 12.8. The molecule has 0 unspecified atom stereocenters. The Labute approximate surface area is 127 Å². The van der Waals surface area contributed by atoms with E-state index in [1.165, 1.54) is 13.2 Å². The number of piperidine rings is 1. The monoisotopic (exact) mass is 312 g/mol. The maximum atomic E-state index is 12.8. The molecule has 0 radical (unpaired) electrons. The first-order chi connectivity index (χ1) is 9.86. The highest BCUT2D eigenvalue weighted by Crippen LogP contribution is 2.32. The number of methoxy groups -OCH3 is 1. The molecule has 5 nitrogen and oxygen atoms in total. The van der Waals surface area contributed by atoms with Crippen molar-refractivity contribution in [1.82, 2.24) is 4.31 Å². The molecule has 2 N–H and O–H groups in total. The molecule has 0 bridgehead atoms. The normalized spacial score (nSPS) is 18.1. The molecule has 6 heteroatoms. The lowest BCUT2D eigenvalue weighted by Gasteiger charge is -2.33. The summed E-state index contributed by atoms with van der Waals surface area (Å²) in [6.07, 6.45) is 1.82. The van der Waals surface area contributed by atoms with Gasteiger partial charge in [-0.15, -0.1) is 0 Å². The van der Waals surface area contributed by atoms with E-state index in [1.807, 2.05) is 0 Å². The molecule has 0 atom stereocenters. The van der Waals surface area contributed by atoms with Gasteiger partial charge in [0.1, 0.15) is 10.6 Å². The Morgan fingerprint density at radius 3 is 2.43 bits per heavy atom. The van der Waals surface area contributed by atoms with E-state index in [9.17, 15) is 8.42 Å². The third-order valence-corrected chi connectivity index (χ3v) is 6.18. The lowest BCUT2D eigenvalue weighted by atomic mass is 9.87. The number of benzene rings is 1. The van der Waals surface area contributed by atoms with Gasteiger partial charge in [-0.25, -0.2) is 8.42 Å². The standard InChI is InChI=1S/C15H24N2O3S/c1-11(2)12-6-8-17(9-7-12)21(18,19)15-5-4-13(16)10-14(15)20-3/h4-5,10-12H,6-9,16H2,1-3H3. The zero-order valence-corrected chi connectivity index (χ0v) is 13.7. The summed E-state index contributed by atoms with van der Waals surface area (Å²) in [7, 11) is -2.06. The summed E-state index contributed by atoms with van der Waals surface area (Å²) >= 11 is 0. The number of hydrogen-bond acceptors (Lipinski definition) is 4. The predicted molar refractivity (Wildman–Crippen MR) is 83.7 cm³/mol. The van der Waals surface area contributed by atoms with Crippen LogP contribution in [-0.4, -0.2) is 32.9 Å². The molecule has 0 spiro atoms. The second-order valence-electron chi connectivity index (χ2n) is 5.90. The molecule has 1 aromatic carbocycles. The quantitative estimate of drug-likeness (QED) is 0.866. The summed E-state index contributed by atoms with van der Waals surface area (Å²) in [4.78, 5) is 0.196. The van der Waals surface area contributed by atoms with Crippen LogP contribution < -0.4 is 10.5 Å². The highest BCUT2D eigenvalue weighted by atomic mass is 32.2. The fraction of sp³-hybridized carbons (Fsp3) is 0.600. The molecule has 0 saturated carbocycles. The van der Waals surface area contributed by atoms with Crippen LogP contribution in [0.2, 0.25) is 0 Å². The Balaban J connectivity index is 2.24. The van der Waals surface area contributed by atoms with E-state index in [-0.39, 0.29) is 4.90 Å². The predicted octanol–water partition coefficient (Wildman–Crippen LogP) is 2.33. The molecule has 118 valence electrons. The molecule has 1 aliphatic rings. The van der Waals surface area contributed by atoms with Crippen LogP contribution in [0.3, 0.4) is 0 Å². The molecular formula is C15H24N2O3S. The Morgan fingerprint density at radius 2 is 1.90 bits per heavy atom. The summed E-state index contributed by atoms with van der Waals surface area (Å²) in [5, 5.41) is 0. The Hall–Kier alpha value is -1.27. The van der Waals surface area contributed by atoms with Gasteiger partial charge in [-0.05, 0) is 36.8 Å². The van der Waals surface area contributed by atoms with E-state index in [4.69, 9.17) is 10.5 Å². The van der Waals surface area contributed by atoms with Crippen molar-refractivity contribution in [2.45, 2.75) is 31.6 Å². The van der Waals surface area contributed by atoms with Gasteiger partial charge in [-0.3, -0.25) is 0 Å². The minimum absolute atomic E-state index is 0.196. The fourth-order valence-electron chi connectivity index (χ4n) is 2.82. The average Bonchev–Trinajstić information content (AvgIpc) is 2.46. The highest BCUT2D eigenvalue weighted by molar-refractivity contribution is 7.89. The van der Waals surface area contributed by atoms with E-state index in [0.717, 1.165) is 12.8 Å². The van der Waals surface area contributed by atoms with Crippen molar-refractivity contribution in [3.63, 3.8) is 0 Å². The van der Waals surface area contributed by atoms with Crippen LogP contribution >= 0.6 is 0 Å². The third kappa shape index (κ3) is 3.32. The van der Waals surface area contributed by atoms with E-state index < -0.39 is 10.0 Å². The molecule has 0 aliphatic carbocycles. The summed E-state index contributed by atoms with van der Waals surface area (Å²) < 4.78 is 32.3. The maximum Gasteiger partial charge on any atom is 0.246 e. The zero-order valence-electron chi connectivity index (χ0n) is 12.9. The van der Waals surface area contributed by atoms with Crippen molar-refractivity contribution < 1.29 is 13.2 Å². The number of sulfonamides is 1. The van der Waals surface area contributed by atoms with E-state index >= 15 is 0 Å². The number of rotatable bonds is 4. The van der Waals surface area contributed by atoms with Gasteiger partial charge in [0.05, 0.1) is 7.11 Å². The highest BCUT2D eigenvalue weighted by Gasteiger charge is 2.32. The minimum Gasteiger partial charge on any atom is -0.495 e. The van der Waals surface area contributed by atoms with Gasteiger partial charge in [0.2, 0.25) is 10.0 Å². The van der Waals surface area contributed by atoms with Gasteiger partial charge < -0.3 is 10.5 Å². The Morgan fingerprint density at radius 1 is 1.29 bits per heavy atom. The molecule has 1 aromatic rings. The summed E-state index contributed by atoms with van der Waals surface area (Å²) in [6.45, 7) is 5.52. The first kappa shape index (κ1) is 16.1. The van der Waals surface area contributed by atoms with Gasteiger partial charge in [0.15, 0.2) is 0 Å². The van der Waals surface area contributed by atoms with Crippen molar-refractivity contribution in [1.29, 1.82) is 0 Å². The number of hydrogen-bond donors (Lipinski definition) is 1. The average molecular weight is 312 g/mol. The molecule has 1 fully saturated rings. The summed E-state index contributed by atoms with van der Waals surface area (Å²) in [5.41, 5.74) is 6.18. The van der Waals surface area contributed by atoms with Gasteiger partial charge in [0, 0.05) is 24.8 Å². The van der Waals surface area contributed by atoms with E-state index in [1.54, 1.807) is 16.4 Å². The van der Waals surface area contributed by atoms with E-state index in [0.29, 0.717) is 36.4 Å². The largest absolute Gasteiger partial charge is 0.495 e. The van der Waals surface area contributed by atoms with Crippen molar-refractivity contribution >= 4 is 15.7 Å². The summed E-state index contributed by atoms with van der Waals surface area (Å²) in [6, 6.07) is 4.67. The van der Waals surface area contributed by atoms with Crippen LogP contribution in [0.4, 0.5) is 5.69 Å². The van der Waals surface area contributed by atoms with Crippen molar-refractivity contribution in [3.8, 4) is 5.75 Å². The molecule has 1 heterocycles. The zero-order chi connectivity index (χ0) is 15.6. The van der Waals surface area contributed by atoms with Crippen LogP contribution in [0.25, 0.3) is 0 Å². The van der Waals surface area contributed by atoms with Crippen LogP contribution in [0.15, 0.2) is 23.1 Å². The fourth-order valence-corrected chi connectivity index (χ4v) is 4.43. The molecule has 0 aromatic heterocycles. The number of anilines is 1. The van der Waals surface area contributed by atoms with Crippen LogP contribution in [0, 0.1) is 11.8 Å². The Bertz CT molecular complexity index is 591. The topological polar surface area (TPSA) is 72.6 Å². The lowest BCUT2D eigenvalue weighted by Crippen LogP contribution is -2.39. The number of ether oxygens (including phenoxy) is 1. The second kappa shape index (κ2) is 6.23. The van der Waals surface area contributed by atoms with Crippen LogP contribution in [-0.2, 0) is 10.0 Å². The van der Waals surface area contributed by atoms with Gasteiger partial charge in [-0.1, -0.05) is 13.8 Å². The van der Waals surface area contributed by atoms with Gasteiger partial charge >= 0.3 is 0 Å². The number of nitrogens with two attached hydrogens (primary N) is 1. The van der Waals surface area contributed by atoms with Crippen LogP contribution in [0.5, 0.6) is 5.75 Å². The minimum atomic E-state index is -3.52. The van der Waals surface area contributed by atoms with Gasteiger partial charge in [0.25, 0.3) is 0 Å². The van der Waals surface area contributed by atoms with Crippen molar-refractivity contribution in [2.24, 2.45) is 11.8 Å². The second-order valence-corrected chi connectivity index (χ2v) is 7.80. The van der Waals surface area contributed by atoms with Gasteiger partial charge in [-0.2, -0.15) is 4.31 Å². The first-order valence-electron chi connectivity index (χ1n) is 7.30. The first-order valence-corrected chi connectivity index (χ1v) is 8.74. The number of nitrogen functional groups attached to an aromatic ring is 1. The molecular weight excluding hydrogens is 288 g/mol. The summed E-state index contributed by atoms with van der Waals surface area (Å²) in [5.74, 6) is 1.51. The smallest absolute Gasteiger partial charge is 0.246 e. The van der Waals surface area contributed by atoms with E-state index in [2.05, 4.69) is 13.8 Å². The molecule has 2 rings (SSSR count). The molecule has 21 heavy (non-hydrogen) atoms. The number of nitrogens with zero attached hydrogens (tertiary/aromatic N) is 1. The van der Waals surface area contributed by atoms with Crippen molar-refractivity contribution in [2.75, 3.05) is 25.9 Å². The lowest BCUT2D eigenvalue weighted by molar-refractivity contribution is 0.226. The molecule has 0 amide bonds. The molecule has 1 saturated heterocycles. The SMILES string of the molecule is COc1cc(N)ccc1S(=O)(=O)N1CCC(C(C)C)CC1. The van der Waals surface area contributed by atoms with Crippen LogP contribution in [0.1, 0.15) is 26.7 Å². The third-order valence-electron chi connectivity index (χ3n) is 4.25. The van der Waals surface area contributed by atoms with Crippen molar-refractivity contribution in [3.05, 3.63) is 18.2 Å². The molecule has 1 aliphatic heterocycles. The Kier molecular flexibility index (Phi) is 4.78.